The van der Waals surface area contributed by atoms with Crippen molar-refractivity contribution >= 4 is 39.7 Å². The van der Waals surface area contributed by atoms with Crippen molar-refractivity contribution in [1.82, 2.24) is 9.88 Å². The molecule has 0 radical (unpaired) electrons. The maximum atomic E-state index is 13.0. The lowest BCUT2D eigenvalue weighted by Crippen LogP contribution is -2.43. The number of hydrogen-bond donors (Lipinski definition) is 2. The first kappa shape index (κ1) is 20.5. The minimum absolute atomic E-state index is 0.0285. The van der Waals surface area contributed by atoms with Crippen molar-refractivity contribution in [3.63, 3.8) is 0 Å². The smallest absolute Gasteiger partial charge is 0.264 e. The topological polar surface area (TPSA) is 65.2 Å². The number of benzene rings is 2. The Labute approximate surface area is 191 Å². The van der Waals surface area contributed by atoms with Crippen LogP contribution in [0.1, 0.15) is 28.1 Å². The molecule has 5 nitrogen and oxygen atoms in total. The first-order chi connectivity index (χ1) is 15.6. The molecule has 1 fully saturated rings. The van der Waals surface area contributed by atoms with Gasteiger partial charge in [-0.3, -0.25) is 9.59 Å². The summed E-state index contributed by atoms with van der Waals surface area (Å²) in [6.07, 6.45) is 1.63. The molecule has 1 aliphatic rings. The van der Waals surface area contributed by atoms with Crippen LogP contribution in [0, 0.1) is 12.8 Å². The van der Waals surface area contributed by atoms with Crippen molar-refractivity contribution in [2.45, 2.75) is 19.8 Å². The highest BCUT2D eigenvalue weighted by Crippen LogP contribution is 2.27. The predicted molar refractivity (Wildman–Crippen MR) is 130 cm³/mol. The van der Waals surface area contributed by atoms with Gasteiger partial charge in [-0.25, -0.2) is 0 Å². The summed E-state index contributed by atoms with van der Waals surface area (Å²) in [7, 11) is 0. The van der Waals surface area contributed by atoms with E-state index < -0.39 is 0 Å². The predicted octanol–water partition coefficient (Wildman–Crippen LogP) is 5.70. The number of piperidine rings is 1. The van der Waals surface area contributed by atoms with Crippen molar-refractivity contribution < 1.29 is 9.59 Å². The number of fused-ring (bicyclic) bond motifs is 1. The number of aryl methyl sites for hydroxylation is 1. The second-order valence-corrected chi connectivity index (χ2v) is 9.28. The first-order valence-corrected chi connectivity index (χ1v) is 11.8. The summed E-state index contributed by atoms with van der Waals surface area (Å²) < 4.78 is 0. The Kier molecular flexibility index (Phi) is 5.53. The number of anilines is 1. The number of hydrogen-bond acceptors (Lipinski definition) is 3. The standard InChI is InChI=1S/C26H25N3O2S/c1-17-11-13-32-24(17)26(31)29-12-5-8-20(16-29)25(30)27-21-9-4-7-18(14-21)23-15-19-6-2-3-10-22(19)28-23/h2-4,6-7,9-11,13-15,20,28H,5,8,12,16H2,1H3,(H,27,30). The summed E-state index contributed by atoms with van der Waals surface area (Å²) in [5, 5.41) is 6.17. The van der Waals surface area contributed by atoms with E-state index in [0.717, 1.165) is 51.1 Å². The van der Waals surface area contributed by atoms with Crippen LogP contribution in [-0.4, -0.2) is 34.8 Å². The van der Waals surface area contributed by atoms with Crippen LogP contribution < -0.4 is 5.32 Å². The SMILES string of the molecule is Cc1ccsc1C(=O)N1CCCC(C(=O)Nc2cccc(-c3cc4ccccc4[nH]3)c2)C1. The molecule has 2 aromatic carbocycles. The van der Waals surface area contributed by atoms with Gasteiger partial charge >= 0.3 is 0 Å². The van der Waals surface area contributed by atoms with Gasteiger partial charge in [-0.1, -0.05) is 30.3 Å². The largest absolute Gasteiger partial charge is 0.355 e. The van der Waals surface area contributed by atoms with E-state index >= 15 is 0 Å². The summed E-state index contributed by atoms with van der Waals surface area (Å²) >= 11 is 1.47. The van der Waals surface area contributed by atoms with Crippen molar-refractivity contribution in [1.29, 1.82) is 0 Å². The fourth-order valence-electron chi connectivity index (χ4n) is 4.35. The molecule has 5 rings (SSSR count). The lowest BCUT2D eigenvalue weighted by Gasteiger charge is -2.32. The van der Waals surface area contributed by atoms with Crippen molar-refractivity contribution in [3.05, 3.63) is 76.5 Å². The molecule has 6 heteroatoms. The van der Waals surface area contributed by atoms with E-state index in [-0.39, 0.29) is 17.7 Å². The average Bonchev–Trinajstić information content (AvgIpc) is 3.45. The molecule has 3 heterocycles. The van der Waals surface area contributed by atoms with Crippen LogP contribution in [0.15, 0.2) is 66.0 Å². The Morgan fingerprint density at radius 2 is 1.97 bits per heavy atom. The summed E-state index contributed by atoms with van der Waals surface area (Å²) in [5.74, 6) is -0.195. The summed E-state index contributed by atoms with van der Waals surface area (Å²) in [6, 6.07) is 20.1. The summed E-state index contributed by atoms with van der Waals surface area (Å²) in [5.41, 5.74) is 4.89. The molecular formula is C26H25N3O2S. The average molecular weight is 444 g/mol. The summed E-state index contributed by atoms with van der Waals surface area (Å²) in [6.45, 7) is 3.12. The lowest BCUT2D eigenvalue weighted by atomic mass is 9.96. The Morgan fingerprint density at radius 3 is 2.78 bits per heavy atom. The molecule has 2 N–H and O–H groups in total. The fraction of sp³-hybridized carbons (Fsp3) is 0.231. The van der Waals surface area contributed by atoms with E-state index in [1.54, 1.807) is 0 Å². The minimum Gasteiger partial charge on any atom is -0.355 e. The number of thiophene rings is 1. The van der Waals surface area contributed by atoms with Crippen LogP contribution in [0.4, 0.5) is 5.69 Å². The third kappa shape index (κ3) is 4.06. The van der Waals surface area contributed by atoms with Crippen LogP contribution in [-0.2, 0) is 4.79 Å². The Hall–Kier alpha value is -3.38. The monoisotopic (exact) mass is 443 g/mol. The highest BCUT2D eigenvalue weighted by atomic mass is 32.1. The molecule has 1 unspecified atom stereocenters. The molecule has 1 saturated heterocycles. The van der Waals surface area contributed by atoms with E-state index in [4.69, 9.17) is 0 Å². The molecule has 0 aliphatic carbocycles. The zero-order valence-electron chi connectivity index (χ0n) is 17.9. The van der Waals surface area contributed by atoms with E-state index in [2.05, 4.69) is 28.5 Å². The second-order valence-electron chi connectivity index (χ2n) is 8.36. The van der Waals surface area contributed by atoms with Crippen LogP contribution >= 0.6 is 11.3 Å². The number of carbonyl (C=O) groups is 2. The molecule has 2 aromatic heterocycles. The zero-order valence-corrected chi connectivity index (χ0v) is 18.7. The van der Waals surface area contributed by atoms with Gasteiger partial charge < -0.3 is 15.2 Å². The molecule has 1 atom stereocenters. The number of para-hydroxylation sites is 1. The highest BCUT2D eigenvalue weighted by Gasteiger charge is 2.30. The lowest BCUT2D eigenvalue weighted by molar-refractivity contribution is -0.121. The molecule has 0 bridgehead atoms. The van der Waals surface area contributed by atoms with Crippen molar-refractivity contribution in [3.8, 4) is 11.3 Å². The van der Waals surface area contributed by atoms with Gasteiger partial charge in [-0.15, -0.1) is 11.3 Å². The van der Waals surface area contributed by atoms with Crippen LogP contribution in [0.2, 0.25) is 0 Å². The molecule has 32 heavy (non-hydrogen) atoms. The summed E-state index contributed by atoms with van der Waals surface area (Å²) in [4.78, 5) is 31.9. The number of nitrogens with zero attached hydrogens (tertiary/aromatic N) is 1. The second kappa shape index (κ2) is 8.63. The zero-order chi connectivity index (χ0) is 22.1. The van der Waals surface area contributed by atoms with E-state index in [1.165, 1.54) is 11.3 Å². The molecule has 1 aliphatic heterocycles. The number of likely N-dealkylation sites (tertiary alicyclic amines) is 1. The van der Waals surface area contributed by atoms with Gasteiger partial charge in [0.05, 0.1) is 10.8 Å². The third-order valence-corrected chi connectivity index (χ3v) is 7.11. The molecule has 2 amide bonds. The normalized spacial score (nSPS) is 16.3. The van der Waals surface area contributed by atoms with Gasteiger partial charge in [0.2, 0.25) is 5.91 Å². The number of aromatic nitrogens is 1. The van der Waals surface area contributed by atoms with Crippen molar-refractivity contribution in [2.75, 3.05) is 18.4 Å². The highest BCUT2D eigenvalue weighted by molar-refractivity contribution is 7.12. The quantitative estimate of drug-likeness (QED) is 0.425. The van der Waals surface area contributed by atoms with Crippen molar-refractivity contribution in [2.24, 2.45) is 5.92 Å². The molecule has 0 spiro atoms. The first-order valence-electron chi connectivity index (χ1n) is 10.9. The van der Waals surface area contributed by atoms with Gasteiger partial charge in [-0.05, 0) is 61.0 Å². The maximum Gasteiger partial charge on any atom is 0.264 e. The minimum atomic E-state index is -0.204. The molecule has 4 aromatic rings. The Bertz CT molecular complexity index is 1260. The van der Waals surface area contributed by atoms with Crippen LogP contribution in [0.3, 0.4) is 0 Å². The molecule has 0 saturated carbocycles. The fourth-order valence-corrected chi connectivity index (χ4v) is 5.24. The van der Waals surface area contributed by atoms with E-state index in [9.17, 15) is 9.59 Å². The number of nitrogens with one attached hydrogen (secondary N) is 2. The van der Waals surface area contributed by atoms with Gasteiger partial charge in [0.25, 0.3) is 5.91 Å². The van der Waals surface area contributed by atoms with Crippen LogP contribution in [0.25, 0.3) is 22.2 Å². The van der Waals surface area contributed by atoms with Crippen LogP contribution in [0.5, 0.6) is 0 Å². The number of rotatable bonds is 4. The van der Waals surface area contributed by atoms with Gasteiger partial charge in [-0.2, -0.15) is 0 Å². The number of amides is 2. The Morgan fingerprint density at radius 1 is 1.09 bits per heavy atom. The number of aromatic amines is 1. The third-order valence-electron chi connectivity index (χ3n) is 6.11. The number of carbonyl (C=O) groups excluding carboxylic acids is 2. The van der Waals surface area contributed by atoms with Gasteiger partial charge in [0.15, 0.2) is 0 Å². The van der Waals surface area contributed by atoms with Gasteiger partial charge in [0, 0.05) is 40.9 Å². The Balaban J connectivity index is 1.29. The van der Waals surface area contributed by atoms with Gasteiger partial charge in [0.1, 0.15) is 0 Å². The molecular weight excluding hydrogens is 418 g/mol. The number of H-pyrrole nitrogens is 1. The maximum absolute atomic E-state index is 13.0. The van der Waals surface area contributed by atoms with E-state index in [1.807, 2.05) is 59.7 Å². The molecule has 162 valence electrons. The van der Waals surface area contributed by atoms with E-state index in [0.29, 0.717) is 13.1 Å².